The second kappa shape index (κ2) is 8.35. The first-order chi connectivity index (χ1) is 16.1. The van der Waals surface area contributed by atoms with Gasteiger partial charge in [-0.1, -0.05) is 0 Å². The summed E-state index contributed by atoms with van der Waals surface area (Å²) in [6.45, 7) is 3.69. The molecule has 0 radical (unpaired) electrons. The first-order valence-corrected chi connectivity index (χ1v) is 11.4. The van der Waals surface area contributed by atoms with Crippen molar-refractivity contribution in [3.63, 3.8) is 0 Å². The van der Waals surface area contributed by atoms with Gasteiger partial charge in [-0.15, -0.1) is 10.2 Å². The summed E-state index contributed by atoms with van der Waals surface area (Å²) in [7, 11) is 0. The normalized spacial score (nSPS) is 25.8. The summed E-state index contributed by atoms with van der Waals surface area (Å²) in [5.74, 6) is 0.0156. The van der Waals surface area contributed by atoms with E-state index in [2.05, 4.69) is 25.4 Å². The van der Waals surface area contributed by atoms with Crippen molar-refractivity contribution in [1.29, 1.82) is 0 Å². The average Bonchev–Trinajstić information content (AvgIpc) is 2.77. The van der Waals surface area contributed by atoms with Crippen LogP contribution in [0.2, 0.25) is 0 Å². The number of nitrogens with one attached hydrogen (secondary N) is 1. The van der Waals surface area contributed by atoms with Crippen molar-refractivity contribution >= 4 is 16.7 Å². The number of anilines is 1. The number of benzene rings is 1. The van der Waals surface area contributed by atoms with E-state index in [0.717, 1.165) is 44.8 Å². The van der Waals surface area contributed by atoms with Gasteiger partial charge in [0.2, 0.25) is 0 Å². The van der Waals surface area contributed by atoms with Crippen LogP contribution in [0.3, 0.4) is 0 Å². The first-order valence-electron chi connectivity index (χ1n) is 11.4. The predicted octanol–water partition coefficient (Wildman–Crippen LogP) is 4.21. The van der Waals surface area contributed by atoms with Crippen molar-refractivity contribution in [2.75, 3.05) is 18.4 Å². The van der Waals surface area contributed by atoms with Crippen molar-refractivity contribution in [2.24, 2.45) is 0 Å². The Balaban J connectivity index is 1.41. The summed E-state index contributed by atoms with van der Waals surface area (Å²) in [4.78, 5) is 6.80. The minimum atomic E-state index is -4.56. The number of alkyl halides is 3. The van der Waals surface area contributed by atoms with Crippen LogP contribution in [0.15, 0.2) is 36.5 Å². The summed E-state index contributed by atoms with van der Waals surface area (Å²) >= 11 is 0. The maximum Gasteiger partial charge on any atom is 0.416 e. The second-order valence-electron chi connectivity index (χ2n) is 9.56. The number of aromatic nitrogens is 3. The second-order valence-corrected chi connectivity index (χ2v) is 9.56. The predicted molar refractivity (Wildman–Crippen MR) is 121 cm³/mol. The summed E-state index contributed by atoms with van der Waals surface area (Å²) in [5.41, 5.74) is -0.714. The van der Waals surface area contributed by atoms with Gasteiger partial charge in [0.15, 0.2) is 5.82 Å². The lowest BCUT2D eigenvalue weighted by Crippen LogP contribution is -2.57. The van der Waals surface area contributed by atoms with Crippen LogP contribution < -0.4 is 5.32 Å². The number of phenols is 1. The number of pyridine rings is 1. The SMILES string of the molecule is CC1(O)CC(N2CCCC(Nc3nnc(-c4ccc(C(F)(F)F)cc4O)c4ncccc34)C2)C1. The molecule has 1 saturated heterocycles. The zero-order valence-corrected chi connectivity index (χ0v) is 18.7. The Kier molecular flexibility index (Phi) is 5.60. The summed E-state index contributed by atoms with van der Waals surface area (Å²) in [6, 6.07) is 6.90. The number of likely N-dealkylation sites (tertiary alicyclic amines) is 1. The standard InChI is InChI=1S/C24H26F3N5O2/c1-23(34)11-16(12-23)32-9-3-4-15(13-32)29-22-18-5-2-8-28-20(18)21(30-31-22)17-7-6-14(10-19(17)33)24(25,26)27/h2,5-8,10,15-16,33-34H,3-4,9,11-13H2,1H3,(H,29,31). The Bertz CT molecular complexity index is 1210. The molecule has 1 atom stereocenters. The monoisotopic (exact) mass is 473 g/mol. The van der Waals surface area contributed by atoms with Gasteiger partial charge in [-0.25, -0.2) is 0 Å². The van der Waals surface area contributed by atoms with E-state index in [-0.39, 0.29) is 17.3 Å². The van der Waals surface area contributed by atoms with Crippen LogP contribution in [-0.2, 0) is 6.18 Å². The molecule has 0 bridgehead atoms. The number of rotatable bonds is 4. The molecule has 2 fully saturated rings. The Morgan fingerprint density at radius 3 is 2.68 bits per heavy atom. The number of aliphatic hydroxyl groups is 1. The van der Waals surface area contributed by atoms with Gasteiger partial charge in [-0.2, -0.15) is 13.2 Å². The fourth-order valence-electron chi connectivity index (χ4n) is 5.05. The van der Waals surface area contributed by atoms with E-state index < -0.39 is 23.1 Å². The molecule has 180 valence electrons. The average molecular weight is 473 g/mol. The van der Waals surface area contributed by atoms with Crippen molar-refractivity contribution in [1.82, 2.24) is 20.1 Å². The van der Waals surface area contributed by atoms with E-state index in [1.54, 1.807) is 12.3 Å². The summed E-state index contributed by atoms with van der Waals surface area (Å²) in [6.07, 6.45) is 0.555. The van der Waals surface area contributed by atoms with E-state index in [1.165, 1.54) is 6.07 Å². The molecule has 3 heterocycles. The maximum atomic E-state index is 13.0. The van der Waals surface area contributed by atoms with Gasteiger partial charge in [0.05, 0.1) is 11.2 Å². The highest BCUT2D eigenvalue weighted by Gasteiger charge is 2.42. The smallest absolute Gasteiger partial charge is 0.416 e. The molecule has 0 amide bonds. The van der Waals surface area contributed by atoms with Gasteiger partial charge in [0.25, 0.3) is 0 Å². The molecule has 5 rings (SSSR count). The molecule has 1 aromatic carbocycles. The molecule has 1 aliphatic heterocycles. The van der Waals surface area contributed by atoms with Crippen LogP contribution in [-0.4, -0.2) is 61.1 Å². The van der Waals surface area contributed by atoms with Crippen LogP contribution in [0.25, 0.3) is 22.2 Å². The molecule has 0 spiro atoms. The van der Waals surface area contributed by atoms with Gasteiger partial charge in [-0.3, -0.25) is 9.88 Å². The number of piperidine rings is 1. The zero-order valence-electron chi connectivity index (χ0n) is 18.7. The number of nitrogens with zero attached hydrogens (tertiary/aromatic N) is 4. The lowest BCUT2D eigenvalue weighted by molar-refractivity contribution is -0.137. The minimum absolute atomic E-state index is 0.136. The number of fused-ring (bicyclic) bond motifs is 1. The number of hydrogen-bond donors (Lipinski definition) is 3. The number of aromatic hydroxyl groups is 1. The topological polar surface area (TPSA) is 94.4 Å². The van der Waals surface area contributed by atoms with Crippen molar-refractivity contribution in [3.8, 4) is 17.0 Å². The van der Waals surface area contributed by atoms with Crippen molar-refractivity contribution < 1.29 is 23.4 Å². The Hall–Kier alpha value is -2.98. The van der Waals surface area contributed by atoms with Crippen molar-refractivity contribution in [2.45, 2.75) is 56.5 Å². The highest BCUT2D eigenvalue weighted by Crippen LogP contribution is 2.39. The summed E-state index contributed by atoms with van der Waals surface area (Å²) in [5, 5.41) is 33.1. The number of hydrogen-bond acceptors (Lipinski definition) is 7. The number of phenolic OH excluding ortho intramolecular Hbond substituents is 1. The molecular formula is C24H26F3N5O2. The molecule has 1 unspecified atom stereocenters. The molecule has 34 heavy (non-hydrogen) atoms. The van der Waals surface area contributed by atoms with E-state index in [4.69, 9.17) is 0 Å². The van der Waals surface area contributed by atoms with Crippen LogP contribution in [0.4, 0.5) is 19.0 Å². The first kappa shape index (κ1) is 22.8. The summed E-state index contributed by atoms with van der Waals surface area (Å²) < 4.78 is 39.0. The van der Waals surface area contributed by atoms with Crippen LogP contribution in [0.5, 0.6) is 5.75 Å². The van der Waals surface area contributed by atoms with Crippen LogP contribution >= 0.6 is 0 Å². The third-order valence-electron chi connectivity index (χ3n) is 6.78. The van der Waals surface area contributed by atoms with Crippen molar-refractivity contribution in [3.05, 3.63) is 42.1 Å². The molecule has 2 aliphatic rings. The maximum absolute atomic E-state index is 13.0. The van der Waals surface area contributed by atoms with Crippen LogP contribution in [0.1, 0.15) is 38.2 Å². The molecular weight excluding hydrogens is 447 g/mol. The van der Waals surface area contributed by atoms with Gasteiger partial charge < -0.3 is 15.5 Å². The highest BCUT2D eigenvalue weighted by atomic mass is 19.4. The molecule has 1 aliphatic carbocycles. The molecule has 7 nitrogen and oxygen atoms in total. The molecule has 1 saturated carbocycles. The van der Waals surface area contributed by atoms with E-state index in [1.807, 2.05) is 13.0 Å². The highest BCUT2D eigenvalue weighted by molar-refractivity contribution is 5.98. The van der Waals surface area contributed by atoms with Gasteiger partial charge in [0.1, 0.15) is 17.0 Å². The molecule has 10 heteroatoms. The number of halogens is 3. The van der Waals surface area contributed by atoms with E-state index >= 15 is 0 Å². The minimum Gasteiger partial charge on any atom is -0.507 e. The van der Waals surface area contributed by atoms with E-state index in [0.29, 0.717) is 28.8 Å². The quantitative estimate of drug-likeness (QED) is 0.523. The van der Waals surface area contributed by atoms with Gasteiger partial charge in [0, 0.05) is 35.8 Å². The Labute approximate surface area is 194 Å². The van der Waals surface area contributed by atoms with E-state index in [9.17, 15) is 23.4 Å². The third kappa shape index (κ3) is 4.39. The van der Waals surface area contributed by atoms with Crippen LogP contribution in [0, 0.1) is 0 Å². The Morgan fingerprint density at radius 2 is 1.97 bits per heavy atom. The molecule has 3 N–H and O–H groups in total. The van der Waals surface area contributed by atoms with Gasteiger partial charge in [-0.05, 0) is 69.5 Å². The third-order valence-corrected chi connectivity index (χ3v) is 6.78. The fourth-order valence-corrected chi connectivity index (χ4v) is 5.05. The lowest BCUT2D eigenvalue weighted by atomic mass is 9.76. The largest absolute Gasteiger partial charge is 0.507 e. The lowest BCUT2D eigenvalue weighted by Gasteiger charge is -2.49. The van der Waals surface area contributed by atoms with Gasteiger partial charge >= 0.3 is 6.18 Å². The fraction of sp³-hybridized carbons (Fsp3) is 0.458. The zero-order chi connectivity index (χ0) is 24.1. The molecule has 3 aromatic rings. The Morgan fingerprint density at radius 1 is 1.18 bits per heavy atom. The molecule has 2 aromatic heterocycles.